The molecule has 1 aliphatic carbocycles. The number of ether oxygens (including phenoxy) is 2. The summed E-state index contributed by atoms with van der Waals surface area (Å²) in [7, 11) is 0. The number of rotatable bonds is 5. The summed E-state index contributed by atoms with van der Waals surface area (Å²) in [5.41, 5.74) is 7.46. The van der Waals surface area contributed by atoms with E-state index in [9.17, 15) is 4.79 Å². The highest BCUT2D eigenvalue weighted by Gasteiger charge is 2.22. The summed E-state index contributed by atoms with van der Waals surface area (Å²) < 4.78 is 11.2. The summed E-state index contributed by atoms with van der Waals surface area (Å²) in [6, 6.07) is 7.47. The molecule has 1 saturated carbocycles. The molecule has 1 atom stereocenters. The van der Waals surface area contributed by atoms with Crippen molar-refractivity contribution in [3.05, 3.63) is 29.6 Å². The summed E-state index contributed by atoms with van der Waals surface area (Å²) in [5.74, 6) is 0.341. The third-order valence-electron chi connectivity index (χ3n) is 4.15. The summed E-state index contributed by atoms with van der Waals surface area (Å²) in [5, 5.41) is 2.46. The van der Waals surface area contributed by atoms with E-state index in [1.807, 2.05) is 29.6 Å². The molecular weight excluding hydrogens is 324 g/mol. The lowest BCUT2D eigenvalue weighted by Gasteiger charge is -2.23. The van der Waals surface area contributed by atoms with Crippen LogP contribution in [-0.4, -0.2) is 23.2 Å². The maximum atomic E-state index is 12.1. The van der Waals surface area contributed by atoms with Crippen molar-refractivity contribution in [3.63, 3.8) is 0 Å². The first-order valence-electron chi connectivity index (χ1n) is 8.30. The predicted octanol–water partition coefficient (Wildman–Crippen LogP) is 4.04. The van der Waals surface area contributed by atoms with Crippen molar-refractivity contribution in [2.75, 3.05) is 5.73 Å². The van der Waals surface area contributed by atoms with Crippen LogP contribution < -0.4 is 10.5 Å². The van der Waals surface area contributed by atoms with Crippen LogP contribution in [0.1, 0.15) is 39.0 Å². The Morgan fingerprint density at radius 1 is 1.25 bits per heavy atom. The minimum Gasteiger partial charge on any atom is -0.479 e. The number of thiazole rings is 1. The molecule has 24 heavy (non-hydrogen) atoms. The second kappa shape index (κ2) is 7.66. The van der Waals surface area contributed by atoms with E-state index >= 15 is 0 Å². The zero-order valence-electron chi connectivity index (χ0n) is 13.7. The molecule has 1 aromatic carbocycles. The van der Waals surface area contributed by atoms with E-state index in [4.69, 9.17) is 15.2 Å². The van der Waals surface area contributed by atoms with Gasteiger partial charge in [0.25, 0.3) is 0 Å². The zero-order chi connectivity index (χ0) is 16.9. The van der Waals surface area contributed by atoms with Crippen LogP contribution in [0.5, 0.6) is 5.75 Å². The molecule has 0 saturated heterocycles. The lowest BCUT2D eigenvalue weighted by molar-refractivity contribution is -0.158. The number of hydrogen-bond donors (Lipinski definition) is 1. The molecule has 0 amide bonds. The maximum absolute atomic E-state index is 12.1. The molecule has 0 radical (unpaired) electrons. The van der Waals surface area contributed by atoms with Gasteiger partial charge in [-0.1, -0.05) is 6.42 Å². The SMILES string of the molecule is CC(Oc1ccc(-c2csc(N)n2)cc1)C(=O)OC1CCCCC1. The fraction of sp³-hybridized carbons (Fsp3) is 0.444. The molecule has 2 N–H and O–H groups in total. The smallest absolute Gasteiger partial charge is 0.347 e. The van der Waals surface area contributed by atoms with Crippen LogP contribution in [0, 0.1) is 0 Å². The molecule has 1 heterocycles. The van der Waals surface area contributed by atoms with Gasteiger partial charge in [-0.05, 0) is 56.9 Å². The third kappa shape index (κ3) is 4.26. The van der Waals surface area contributed by atoms with E-state index in [1.54, 1.807) is 6.92 Å². The number of anilines is 1. The number of nitrogens with zero attached hydrogens (tertiary/aromatic N) is 1. The maximum Gasteiger partial charge on any atom is 0.347 e. The van der Waals surface area contributed by atoms with Gasteiger partial charge < -0.3 is 15.2 Å². The average Bonchev–Trinajstić information content (AvgIpc) is 3.03. The lowest BCUT2D eigenvalue weighted by atomic mass is 9.98. The molecule has 1 aromatic heterocycles. The molecular formula is C18H22N2O3S. The number of esters is 1. The Morgan fingerprint density at radius 2 is 1.96 bits per heavy atom. The number of carbonyl (C=O) groups is 1. The Bertz CT molecular complexity index is 678. The van der Waals surface area contributed by atoms with Crippen molar-refractivity contribution >= 4 is 22.4 Å². The van der Waals surface area contributed by atoms with Crippen LogP contribution in [0.15, 0.2) is 29.6 Å². The van der Waals surface area contributed by atoms with Gasteiger partial charge in [0.2, 0.25) is 0 Å². The van der Waals surface area contributed by atoms with Crippen LogP contribution in [0.25, 0.3) is 11.3 Å². The molecule has 2 aromatic rings. The standard InChI is InChI=1S/C18H22N2O3S/c1-12(17(21)23-14-5-3-2-4-6-14)22-15-9-7-13(8-10-15)16-11-24-18(19)20-16/h7-12,14H,2-6H2,1H3,(H2,19,20). The van der Waals surface area contributed by atoms with E-state index in [0.717, 1.165) is 36.9 Å². The fourth-order valence-electron chi connectivity index (χ4n) is 2.82. The second-order valence-corrected chi connectivity index (χ2v) is 6.94. The normalized spacial score (nSPS) is 16.5. The van der Waals surface area contributed by atoms with Gasteiger partial charge in [0.05, 0.1) is 5.69 Å². The largest absolute Gasteiger partial charge is 0.479 e. The predicted molar refractivity (Wildman–Crippen MR) is 95.0 cm³/mol. The van der Waals surface area contributed by atoms with Gasteiger partial charge in [-0.3, -0.25) is 0 Å². The molecule has 5 nitrogen and oxygen atoms in total. The molecule has 0 spiro atoms. The van der Waals surface area contributed by atoms with Crippen molar-refractivity contribution < 1.29 is 14.3 Å². The number of aromatic nitrogens is 1. The molecule has 1 unspecified atom stereocenters. The van der Waals surface area contributed by atoms with Gasteiger partial charge >= 0.3 is 5.97 Å². The van der Waals surface area contributed by atoms with Crippen LogP contribution in [0.3, 0.4) is 0 Å². The second-order valence-electron chi connectivity index (χ2n) is 6.05. The fourth-order valence-corrected chi connectivity index (χ4v) is 3.39. The van der Waals surface area contributed by atoms with Crippen LogP contribution in [0.4, 0.5) is 5.13 Å². The third-order valence-corrected chi connectivity index (χ3v) is 4.83. The summed E-state index contributed by atoms with van der Waals surface area (Å²) in [4.78, 5) is 16.4. The first-order chi connectivity index (χ1) is 11.6. The first-order valence-corrected chi connectivity index (χ1v) is 9.18. The summed E-state index contributed by atoms with van der Waals surface area (Å²) >= 11 is 1.41. The van der Waals surface area contributed by atoms with Gasteiger partial charge in [-0.15, -0.1) is 11.3 Å². The Balaban J connectivity index is 1.55. The Morgan fingerprint density at radius 3 is 2.58 bits per heavy atom. The quantitative estimate of drug-likeness (QED) is 0.827. The van der Waals surface area contributed by atoms with Crippen LogP contribution in [-0.2, 0) is 9.53 Å². The van der Waals surface area contributed by atoms with Gasteiger partial charge in [0, 0.05) is 10.9 Å². The Hall–Kier alpha value is -2.08. The van der Waals surface area contributed by atoms with Crippen molar-refractivity contribution in [1.29, 1.82) is 0 Å². The number of benzene rings is 1. The van der Waals surface area contributed by atoms with Crippen LogP contribution >= 0.6 is 11.3 Å². The van der Waals surface area contributed by atoms with Gasteiger partial charge in [0.15, 0.2) is 11.2 Å². The molecule has 3 rings (SSSR count). The number of nitrogens with two attached hydrogens (primary N) is 1. The Labute approximate surface area is 145 Å². The van der Waals surface area contributed by atoms with Gasteiger partial charge in [0.1, 0.15) is 11.9 Å². The molecule has 1 fully saturated rings. The Kier molecular flexibility index (Phi) is 5.35. The highest BCUT2D eigenvalue weighted by Crippen LogP contribution is 2.26. The average molecular weight is 346 g/mol. The first kappa shape index (κ1) is 16.8. The van der Waals surface area contributed by atoms with Gasteiger partial charge in [-0.25, -0.2) is 9.78 Å². The van der Waals surface area contributed by atoms with Crippen molar-refractivity contribution in [3.8, 4) is 17.0 Å². The van der Waals surface area contributed by atoms with Crippen LogP contribution in [0.2, 0.25) is 0 Å². The molecule has 128 valence electrons. The molecule has 0 aliphatic heterocycles. The van der Waals surface area contributed by atoms with Crippen molar-refractivity contribution in [1.82, 2.24) is 4.98 Å². The number of nitrogen functional groups attached to an aromatic ring is 1. The van der Waals surface area contributed by atoms with Gasteiger partial charge in [-0.2, -0.15) is 0 Å². The van der Waals surface area contributed by atoms with Crippen molar-refractivity contribution in [2.24, 2.45) is 0 Å². The topological polar surface area (TPSA) is 74.4 Å². The highest BCUT2D eigenvalue weighted by atomic mass is 32.1. The van der Waals surface area contributed by atoms with Crippen molar-refractivity contribution in [2.45, 2.75) is 51.2 Å². The molecule has 1 aliphatic rings. The van der Waals surface area contributed by atoms with E-state index < -0.39 is 6.10 Å². The van der Waals surface area contributed by atoms with E-state index in [0.29, 0.717) is 10.9 Å². The minimum atomic E-state index is -0.618. The summed E-state index contributed by atoms with van der Waals surface area (Å²) in [6.45, 7) is 1.72. The number of carbonyl (C=O) groups excluding carboxylic acids is 1. The minimum absolute atomic E-state index is 0.0507. The lowest BCUT2D eigenvalue weighted by Crippen LogP contribution is -2.31. The monoisotopic (exact) mass is 346 g/mol. The summed E-state index contributed by atoms with van der Waals surface area (Å²) in [6.07, 6.45) is 4.86. The van der Waals surface area contributed by atoms with E-state index in [1.165, 1.54) is 17.8 Å². The highest BCUT2D eigenvalue weighted by molar-refractivity contribution is 7.13. The van der Waals surface area contributed by atoms with E-state index in [-0.39, 0.29) is 12.1 Å². The zero-order valence-corrected chi connectivity index (χ0v) is 14.6. The molecule has 0 bridgehead atoms. The number of hydrogen-bond acceptors (Lipinski definition) is 6. The molecule has 6 heteroatoms. The van der Waals surface area contributed by atoms with E-state index in [2.05, 4.69) is 4.98 Å².